The number of halogens is 3. The van der Waals surface area contributed by atoms with Gasteiger partial charge in [0.15, 0.2) is 9.84 Å². The molecule has 0 aromatic heterocycles. The zero-order valence-corrected chi connectivity index (χ0v) is 21.2. The van der Waals surface area contributed by atoms with Gasteiger partial charge in [0.25, 0.3) is 5.91 Å². The van der Waals surface area contributed by atoms with Crippen molar-refractivity contribution in [3.8, 4) is 11.1 Å². The molecule has 35 heavy (non-hydrogen) atoms. The Hall–Kier alpha value is -2.65. The summed E-state index contributed by atoms with van der Waals surface area (Å²) in [6, 6.07) is 13.6. The summed E-state index contributed by atoms with van der Waals surface area (Å²) in [6.07, 6.45) is 1.09. The van der Waals surface area contributed by atoms with E-state index >= 15 is 0 Å². The van der Waals surface area contributed by atoms with Gasteiger partial charge in [-0.3, -0.25) is 4.79 Å². The first-order valence-corrected chi connectivity index (χ1v) is 13.5. The van der Waals surface area contributed by atoms with Crippen LogP contribution in [0, 0.1) is 5.82 Å². The number of hydrogen-bond donors (Lipinski definition) is 1. The Bertz CT molecular complexity index is 1350. The smallest absolute Gasteiger partial charge is 0.254 e. The number of aliphatic hydroxyl groups is 1. The molecule has 0 aliphatic carbocycles. The molecule has 1 aliphatic heterocycles. The van der Waals surface area contributed by atoms with Crippen molar-refractivity contribution in [1.82, 2.24) is 4.90 Å². The highest BCUT2D eigenvalue weighted by molar-refractivity contribution is 7.90. The molecule has 0 spiro atoms. The highest BCUT2D eigenvalue weighted by Gasteiger charge is 2.26. The van der Waals surface area contributed by atoms with Gasteiger partial charge in [-0.2, -0.15) is 0 Å². The summed E-state index contributed by atoms with van der Waals surface area (Å²) in [5.41, 5.74) is 2.64. The van der Waals surface area contributed by atoms with E-state index in [1.54, 1.807) is 35.2 Å². The average Bonchev–Trinajstić information content (AvgIpc) is 2.83. The van der Waals surface area contributed by atoms with Crippen LogP contribution in [-0.2, 0) is 16.4 Å². The molecule has 1 N–H and O–H groups in total. The van der Waals surface area contributed by atoms with Gasteiger partial charge in [0.1, 0.15) is 5.82 Å². The van der Waals surface area contributed by atoms with Crippen LogP contribution in [0.5, 0.6) is 0 Å². The van der Waals surface area contributed by atoms with Gasteiger partial charge in [-0.1, -0.05) is 41.4 Å². The molecule has 0 radical (unpaired) electrons. The van der Waals surface area contributed by atoms with Crippen LogP contribution in [0.2, 0.25) is 10.0 Å². The molecule has 10 heteroatoms. The Labute approximate surface area is 213 Å². The minimum atomic E-state index is -3.54. The second-order valence-corrected chi connectivity index (χ2v) is 11.1. The summed E-state index contributed by atoms with van der Waals surface area (Å²) in [7, 11) is -3.54. The van der Waals surface area contributed by atoms with Gasteiger partial charge in [-0.25, -0.2) is 12.8 Å². The fourth-order valence-electron chi connectivity index (χ4n) is 4.07. The quantitative estimate of drug-likeness (QED) is 0.513. The maximum absolute atomic E-state index is 13.5. The summed E-state index contributed by atoms with van der Waals surface area (Å²) < 4.78 is 37.8. The normalized spacial score (nSPS) is 14.3. The highest BCUT2D eigenvalue weighted by Crippen LogP contribution is 2.32. The Morgan fingerprint density at radius 1 is 0.971 bits per heavy atom. The molecule has 0 saturated carbocycles. The molecule has 0 unspecified atom stereocenters. The molecule has 0 bridgehead atoms. The van der Waals surface area contributed by atoms with E-state index in [0.29, 0.717) is 52.9 Å². The van der Waals surface area contributed by atoms with Gasteiger partial charge in [0.2, 0.25) is 0 Å². The highest BCUT2D eigenvalue weighted by atomic mass is 35.5. The number of piperazine rings is 1. The molecule has 0 atom stereocenters. The van der Waals surface area contributed by atoms with Gasteiger partial charge in [-0.15, -0.1) is 0 Å². The molecule has 3 aromatic carbocycles. The first-order valence-electron chi connectivity index (χ1n) is 10.8. The predicted octanol–water partition coefficient (Wildman–Crippen LogP) is 4.66. The molecule has 3 aromatic rings. The number of carbonyl (C=O) groups excluding carboxylic acids is 1. The van der Waals surface area contributed by atoms with E-state index in [-0.39, 0.29) is 23.0 Å². The lowest BCUT2D eigenvalue weighted by Crippen LogP contribution is -2.49. The van der Waals surface area contributed by atoms with Crippen molar-refractivity contribution in [3.05, 3.63) is 81.6 Å². The van der Waals surface area contributed by atoms with Gasteiger partial charge in [0, 0.05) is 59.3 Å². The standard InChI is InChI=1S/C25H23Cl2FN2O4S/c1-35(33,34)19-6-7-20(16-2-4-17(28)5-3-16)21(14-19)25(32)30-10-8-29(9-11-30)18-12-23(26)22(15-31)24(27)13-18/h2-7,12-14,31H,8-11,15H2,1H3. The minimum Gasteiger partial charge on any atom is -0.392 e. The lowest BCUT2D eigenvalue weighted by atomic mass is 9.98. The maximum atomic E-state index is 13.5. The number of benzene rings is 3. The van der Waals surface area contributed by atoms with E-state index in [1.807, 2.05) is 4.90 Å². The van der Waals surface area contributed by atoms with E-state index in [0.717, 1.165) is 11.9 Å². The van der Waals surface area contributed by atoms with E-state index in [1.165, 1.54) is 24.3 Å². The summed E-state index contributed by atoms with van der Waals surface area (Å²) in [6.45, 7) is 1.54. The van der Waals surface area contributed by atoms with Crippen molar-refractivity contribution in [2.75, 3.05) is 37.3 Å². The lowest BCUT2D eigenvalue weighted by molar-refractivity contribution is 0.0747. The second kappa shape index (κ2) is 10.1. The minimum absolute atomic E-state index is 0.0404. The van der Waals surface area contributed by atoms with Crippen molar-refractivity contribution in [3.63, 3.8) is 0 Å². The van der Waals surface area contributed by atoms with E-state index in [9.17, 15) is 22.7 Å². The molecular weight excluding hydrogens is 514 g/mol. The Balaban J connectivity index is 1.60. The largest absolute Gasteiger partial charge is 0.392 e. The van der Waals surface area contributed by atoms with Crippen LogP contribution in [0.1, 0.15) is 15.9 Å². The molecule has 1 heterocycles. The third kappa shape index (κ3) is 5.46. The number of nitrogens with zero attached hydrogens (tertiary/aromatic N) is 2. The molecule has 1 aliphatic rings. The summed E-state index contributed by atoms with van der Waals surface area (Å²) >= 11 is 12.5. The van der Waals surface area contributed by atoms with Crippen molar-refractivity contribution in [1.29, 1.82) is 0 Å². The number of aliphatic hydroxyl groups excluding tert-OH is 1. The SMILES string of the molecule is CS(=O)(=O)c1ccc(-c2ccc(F)cc2)c(C(=O)N2CCN(c3cc(Cl)c(CO)c(Cl)c3)CC2)c1. The molecule has 1 saturated heterocycles. The van der Waals surface area contributed by atoms with Crippen LogP contribution in [-0.4, -0.2) is 56.8 Å². The first-order chi connectivity index (χ1) is 16.6. The van der Waals surface area contributed by atoms with Crippen molar-refractivity contribution < 1.29 is 22.7 Å². The zero-order chi connectivity index (χ0) is 25.3. The number of hydrogen-bond acceptors (Lipinski definition) is 5. The van der Waals surface area contributed by atoms with Crippen LogP contribution in [0.25, 0.3) is 11.1 Å². The fraction of sp³-hybridized carbons (Fsp3) is 0.240. The lowest BCUT2D eigenvalue weighted by Gasteiger charge is -2.36. The van der Waals surface area contributed by atoms with Crippen LogP contribution in [0.3, 0.4) is 0 Å². The average molecular weight is 537 g/mol. The van der Waals surface area contributed by atoms with Crippen LogP contribution < -0.4 is 4.90 Å². The van der Waals surface area contributed by atoms with Crippen LogP contribution in [0.4, 0.5) is 10.1 Å². The first kappa shape index (κ1) is 25.4. The number of amides is 1. The van der Waals surface area contributed by atoms with Gasteiger partial charge >= 0.3 is 0 Å². The summed E-state index contributed by atoms with van der Waals surface area (Å²) in [5, 5.41) is 10.2. The number of sulfone groups is 1. The summed E-state index contributed by atoms with van der Waals surface area (Å²) in [5.74, 6) is -0.709. The Morgan fingerprint density at radius 3 is 2.11 bits per heavy atom. The monoisotopic (exact) mass is 536 g/mol. The molecule has 184 valence electrons. The molecule has 1 amide bonds. The number of rotatable bonds is 5. The van der Waals surface area contributed by atoms with Crippen molar-refractivity contribution in [2.24, 2.45) is 0 Å². The predicted molar refractivity (Wildman–Crippen MR) is 135 cm³/mol. The molecule has 6 nitrogen and oxygen atoms in total. The van der Waals surface area contributed by atoms with Crippen molar-refractivity contribution >= 4 is 44.6 Å². The Kier molecular flexibility index (Phi) is 7.38. The van der Waals surface area contributed by atoms with Crippen molar-refractivity contribution in [2.45, 2.75) is 11.5 Å². The van der Waals surface area contributed by atoms with Gasteiger partial charge < -0.3 is 14.9 Å². The molecule has 4 rings (SSSR count). The topological polar surface area (TPSA) is 77.9 Å². The number of anilines is 1. The maximum Gasteiger partial charge on any atom is 0.254 e. The Morgan fingerprint density at radius 2 is 1.57 bits per heavy atom. The third-order valence-corrected chi connectivity index (χ3v) is 7.81. The van der Waals surface area contributed by atoms with Crippen LogP contribution in [0.15, 0.2) is 59.5 Å². The van der Waals surface area contributed by atoms with E-state index in [2.05, 4.69) is 0 Å². The molecule has 1 fully saturated rings. The number of carbonyl (C=O) groups is 1. The van der Waals surface area contributed by atoms with Crippen LogP contribution >= 0.6 is 23.2 Å². The third-order valence-electron chi connectivity index (χ3n) is 6.02. The van der Waals surface area contributed by atoms with Gasteiger partial charge in [-0.05, 0) is 47.5 Å². The zero-order valence-electron chi connectivity index (χ0n) is 18.8. The molecular formula is C25H23Cl2FN2O4S. The second-order valence-electron chi connectivity index (χ2n) is 8.31. The van der Waals surface area contributed by atoms with Gasteiger partial charge in [0.05, 0.1) is 11.5 Å². The summed E-state index contributed by atoms with van der Waals surface area (Å²) in [4.78, 5) is 17.3. The fourth-order valence-corrected chi connectivity index (χ4v) is 5.32. The van der Waals surface area contributed by atoms with E-state index in [4.69, 9.17) is 23.2 Å². The van der Waals surface area contributed by atoms with E-state index < -0.39 is 15.7 Å².